The summed E-state index contributed by atoms with van der Waals surface area (Å²) >= 11 is 0. The molecular formula is C27H38O6. The third kappa shape index (κ3) is 6.67. The molecule has 6 heteroatoms. The number of hydrogen-bond donors (Lipinski definition) is 1. The number of cyclic esters (lactones) is 1. The molecule has 6 nitrogen and oxygen atoms in total. The zero-order chi connectivity index (χ0) is 24.2. The molecule has 33 heavy (non-hydrogen) atoms. The number of hydrogen-bond acceptors (Lipinski definition) is 6. The Hall–Kier alpha value is -2.18. The van der Waals surface area contributed by atoms with Crippen LogP contribution in [0.1, 0.15) is 79.6 Å². The fourth-order valence-electron chi connectivity index (χ4n) is 5.14. The maximum absolute atomic E-state index is 11.6. The average Bonchev–Trinajstić information content (AvgIpc) is 3.05. The van der Waals surface area contributed by atoms with Crippen molar-refractivity contribution in [1.82, 2.24) is 0 Å². The summed E-state index contributed by atoms with van der Waals surface area (Å²) in [4.78, 5) is 23.0. The molecule has 0 spiro atoms. The van der Waals surface area contributed by atoms with E-state index >= 15 is 0 Å². The molecule has 0 radical (unpaired) electrons. The van der Waals surface area contributed by atoms with Gasteiger partial charge in [0.15, 0.2) is 0 Å². The van der Waals surface area contributed by atoms with Crippen molar-refractivity contribution in [2.45, 2.75) is 98.2 Å². The molecule has 1 N–H and O–H groups in total. The predicted octanol–water partition coefficient (Wildman–Crippen LogP) is 5.28. The Labute approximate surface area is 197 Å². The Kier molecular flexibility index (Phi) is 8.35. The molecule has 0 saturated carbocycles. The molecule has 0 amide bonds. The van der Waals surface area contributed by atoms with Crippen LogP contribution in [0.15, 0.2) is 46.6 Å². The van der Waals surface area contributed by atoms with Crippen molar-refractivity contribution in [3.8, 4) is 0 Å². The molecule has 182 valence electrons. The Morgan fingerprint density at radius 3 is 2.70 bits per heavy atom. The fourth-order valence-corrected chi connectivity index (χ4v) is 5.14. The summed E-state index contributed by atoms with van der Waals surface area (Å²) in [5, 5.41) is 9.90. The minimum absolute atomic E-state index is 0.104. The topological polar surface area (TPSA) is 82.1 Å². The third-order valence-corrected chi connectivity index (χ3v) is 7.02. The van der Waals surface area contributed by atoms with Crippen LogP contribution in [0.4, 0.5) is 0 Å². The van der Waals surface area contributed by atoms with E-state index in [2.05, 4.69) is 33.8 Å². The number of allylic oxidation sites excluding steroid dienone is 4. The molecule has 3 aliphatic rings. The second kappa shape index (κ2) is 10.8. The van der Waals surface area contributed by atoms with Crippen LogP contribution < -0.4 is 0 Å². The number of carbonyl (C=O) groups excluding carboxylic acids is 2. The number of aliphatic hydroxyl groups excluding tert-OH is 1. The van der Waals surface area contributed by atoms with E-state index in [1.807, 2.05) is 6.08 Å². The van der Waals surface area contributed by atoms with Gasteiger partial charge in [-0.25, -0.2) is 4.79 Å². The molecule has 4 atom stereocenters. The summed E-state index contributed by atoms with van der Waals surface area (Å²) in [6.45, 7) is 10.5. The quantitative estimate of drug-likeness (QED) is 0.394. The maximum atomic E-state index is 11.6. The monoisotopic (exact) mass is 458 g/mol. The van der Waals surface area contributed by atoms with Gasteiger partial charge in [-0.05, 0) is 64.2 Å². The molecule has 2 aliphatic heterocycles. The molecule has 3 rings (SSSR count). The van der Waals surface area contributed by atoms with E-state index in [1.54, 1.807) is 17.2 Å². The van der Waals surface area contributed by atoms with E-state index in [0.717, 1.165) is 25.7 Å². The highest BCUT2D eigenvalue weighted by Gasteiger charge is 2.36. The van der Waals surface area contributed by atoms with Crippen LogP contribution in [0, 0.1) is 11.3 Å². The van der Waals surface area contributed by atoms with Gasteiger partial charge in [0.25, 0.3) is 0 Å². The van der Waals surface area contributed by atoms with Gasteiger partial charge in [0.05, 0.1) is 0 Å². The summed E-state index contributed by atoms with van der Waals surface area (Å²) in [6, 6.07) is 0. The number of esters is 2. The Balaban J connectivity index is 1.58. The van der Waals surface area contributed by atoms with Gasteiger partial charge in [-0.1, -0.05) is 48.8 Å². The van der Waals surface area contributed by atoms with E-state index in [4.69, 9.17) is 14.2 Å². The molecule has 0 fully saturated rings. The van der Waals surface area contributed by atoms with E-state index < -0.39 is 30.6 Å². The Morgan fingerprint density at radius 1 is 1.30 bits per heavy atom. The molecule has 0 aromatic heterocycles. The van der Waals surface area contributed by atoms with Crippen molar-refractivity contribution in [3.05, 3.63) is 46.6 Å². The van der Waals surface area contributed by atoms with Crippen molar-refractivity contribution < 1.29 is 28.9 Å². The number of aliphatic hydroxyl groups is 1. The number of ether oxygens (including phenoxy) is 3. The first-order valence-corrected chi connectivity index (χ1v) is 12.0. The molecular weight excluding hydrogens is 420 g/mol. The lowest BCUT2D eigenvalue weighted by Gasteiger charge is -2.35. The molecule has 0 aromatic carbocycles. The van der Waals surface area contributed by atoms with Gasteiger partial charge in [-0.2, -0.15) is 0 Å². The third-order valence-electron chi connectivity index (χ3n) is 7.02. The molecule has 0 saturated heterocycles. The largest absolute Gasteiger partial charge is 0.435 e. The van der Waals surface area contributed by atoms with Gasteiger partial charge >= 0.3 is 11.9 Å². The zero-order valence-corrected chi connectivity index (χ0v) is 20.6. The summed E-state index contributed by atoms with van der Waals surface area (Å²) < 4.78 is 16.1. The highest BCUT2D eigenvalue weighted by molar-refractivity contribution is 5.86. The molecule has 1 aliphatic carbocycles. The first-order valence-electron chi connectivity index (χ1n) is 12.0. The lowest BCUT2D eigenvalue weighted by atomic mass is 9.71. The van der Waals surface area contributed by atoms with Crippen molar-refractivity contribution in [2.75, 3.05) is 0 Å². The summed E-state index contributed by atoms with van der Waals surface area (Å²) in [7, 11) is 0. The smallest absolute Gasteiger partial charge is 0.333 e. The van der Waals surface area contributed by atoms with Crippen LogP contribution in [-0.4, -0.2) is 35.7 Å². The van der Waals surface area contributed by atoms with Crippen LogP contribution in [0.5, 0.6) is 0 Å². The number of carbonyl (C=O) groups is 2. The molecule has 2 heterocycles. The van der Waals surface area contributed by atoms with E-state index in [9.17, 15) is 14.7 Å². The minimum atomic E-state index is -1.33. The van der Waals surface area contributed by atoms with Crippen LogP contribution in [0.3, 0.4) is 0 Å². The van der Waals surface area contributed by atoms with Crippen molar-refractivity contribution in [1.29, 1.82) is 0 Å². The molecule has 3 unspecified atom stereocenters. The predicted molar refractivity (Wildman–Crippen MR) is 126 cm³/mol. The first-order chi connectivity index (χ1) is 15.6. The normalized spacial score (nSPS) is 29.7. The Bertz CT molecular complexity index is 875. The maximum Gasteiger partial charge on any atom is 0.333 e. The lowest BCUT2D eigenvalue weighted by molar-refractivity contribution is -0.195. The summed E-state index contributed by atoms with van der Waals surface area (Å²) in [5.41, 5.74) is 5.18. The van der Waals surface area contributed by atoms with Crippen LogP contribution in [-0.2, 0) is 23.8 Å². The number of rotatable bonds is 8. The second-order valence-corrected chi connectivity index (χ2v) is 10.1. The fraction of sp³-hybridized carbons (Fsp3) is 0.630. The first kappa shape index (κ1) is 25.4. The average molecular weight is 459 g/mol. The zero-order valence-electron chi connectivity index (χ0n) is 20.6. The van der Waals surface area contributed by atoms with Crippen LogP contribution >= 0.6 is 0 Å². The van der Waals surface area contributed by atoms with Gasteiger partial charge in [-0.15, -0.1) is 0 Å². The summed E-state index contributed by atoms with van der Waals surface area (Å²) in [6.07, 6.45) is 12.0. The highest BCUT2D eigenvalue weighted by Crippen LogP contribution is 2.42. The van der Waals surface area contributed by atoms with Gasteiger partial charge in [0.1, 0.15) is 6.10 Å². The molecule has 0 bridgehead atoms. The lowest BCUT2D eigenvalue weighted by Crippen LogP contribution is -2.37. The van der Waals surface area contributed by atoms with Crippen LogP contribution in [0.25, 0.3) is 0 Å². The van der Waals surface area contributed by atoms with Crippen molar-refractivity contribution >= 4 is 11.9 Å². The Morgan fingerprint density at radius 2 is 2.06 bits per heavy atom. The van der Waals surface area contributed by atoms with E-state index in [1.165, 1.54) is 37.8 Å². The standard InChI is InChI=1S/C27H38O6/c1-17(11-13-22-18(2)9-7-15-27(22,4)5)8-6-10-20-12-14-23(32-26(20)31-19(3)28)21-16-24(29)33-25(21)30/h8,12,14,16,20,23,25-26,30H,6-7,9-11,13,15H2,1-5H3/b17-8+/t20?,23-,25?,26?/m1/s1. The van der Waals surface area contributed by atoms with Gasteiger partial charge in [0, 0.05) is 24.5 Å². The minimum Gasteiger partial charge on any atom is -0.435 e. The van der Waals surface area contributed by atoms with Gasteiger partial charge in [-0.3, -0.25) is 4.79 Å². The second-order valence-electron chi connectivity index (χ2n) is 10.1. The highest BCUT2D eigenvalue weighted by atomic mass is 16.7. The van der Waals surface area contributed by atoms with Gasteiger partial charge < -0.3 is 19.3 Å². The van der Waals surface area contributed by atoms with Crippen molar-refractivity contribution in [3.63, 3.8) is 0 Å². The van der Waals surface area contributed by atoms with E-state index in [-0.39, 0.29) is 5.92 Å². The van der Waals surface area contributed by atoms with E-state index in [0.29, 0.717) is 11.0 Å². The molecule has 0 aromatic rings. The van der Waals surface area contributed by atoms with Gasteiger partial charge in [0.2, 0.25) is 12.6 Å². The van der Waals surface area contributed by atoms with Crippen molar-refractivity contribution in [2.24, 2.45) is 11.3 Å². The SMILES string of the molecule is CC(=O)OC1O[C@@H](C2=CC(=O)OC2O)C=CC1CC/C=C(\C)CCC1=C(C)CCCC1(C)C. The summed E-state index contributed by atoms with van der Waals surface area (Å²) in [5.74, 6) is -1.14. The van der Waals surface area contributed by atoms with Crippen LogP contribution in [0.2, 0.25) is 0 Å².